The summed E-state index contributed by atoms with van der Waals surface area (Å²) in [4.78, 5) is 11.9. The van der Waals surface area contributed by atoms with Crippen molar-refractivity contribution in [3.63, 3.8) is 0 Å². The fourth-order valence-corrected chi connectivity index (χ4v) is 2.13. The molecule has 1 aromatic heterocycles. The highest BCUT2D eigenvalue weighted by molar-refractivity contribution is 9.10. The quantitative estimate of drug-likeness (QED) is 0.806. The van der Waals surface area contributed by atoms with Crippen molar-refractivity contribution < 1.29 is 0 Å². The Balaban J connectivity index is 2.84. The first-order valence-corrected chi connectivity index (χ1v) is 7.15. The van der Waals surface area contributed by atoms with E-state index in [-0.39, 0.29) is 11.6 Å². The Morgan fingerprint density at radius 2 is 2.28 bits per heavy atom. The maximum Gasteiger partial charge on any atom is 0.283 e. The summed E-state index contributed by atoms with van der Waals surface area (Å²) < 4.78 is 1.94. The maximum atomic E-state index is 11.9. The number of aryl methyl sites for hydroxylation is 1. The lowest BCUT2D eigenvalue weighted by molar-refractivity contribution is 0.600. The zero-order valence-corrected chi connectivity index (χ0v) is 12.5. The van der Waals surface area contributed by atoms with Crippen LogP contribution in [0.3, 0.4) is 0 Å². The van der Waals surface area contributed by atoms with Crippen LogP contribution in [0.15, 0.2) is 15.5 Å². The van der Waals surface area contributed by atoms with E-state index in [0.29, 0.717) is 17.6 Å². The van der Waals surface area contributed by atoms with Gasteiger partial charge in [-0.3, -0.25) is 4.79 Å². The molecule has 5 nitrogen and oxygen atoms in total. The van der Waals surface area contributed by atoms with E-state index in [1.54, 1.807) is 6.20 Å². The standard InChI is InChI=1S/C12H21BrN4O/c1-3-5-6-9(7-14)16-10-8-15-17(4-2)12(18)11(10)13/h8-9,16H,3-7,14H2,1-2H3. The molecule has 0 aliphatic heterocycles. The molecule has 102 valence electrons. The van der Waals surface area contributed by atoms with Gasteiger partial charge in [-0.15, -0.1) is 0 Å². The topological polar surface area (TPSA) is 72.9 Å². The second-order valence-electron chi connectivity index (χ2n) is 4.21. The normalized spacial score (nSPS) is 12.4. The molecule has 1 atom stereocenters. The molecule has 18 heavy (non-hydrogen) atoms. The molecule has 1 aromatic rings. The first-order chi connectivity index (χ1) is 8.63. The van der Waals surface area contributed by atoms with E-state index in [1.807, 2.05) is 6.92 Å². The zero-order chi connectivity index (χ0) is 13.5. The van der Waals surface area contributed by atoms with Crippen LogP contribution >= 0.6 is 15.9 Å². The lowest BCUT2D eigenvalue weighted by atomic mass is 10.1. The van der Waals surface area contributed by atoms with Crippen LogP contribution in [0.2, 0.25) is 0 Å². The van der Waals surface area contributed by atoms with Crippen molar-refractivity contribution in [3.8, 4) is 0 Å². The molecular formula is C12H21BrN4O. The van der Waals surface area contributed by atoms with Crippen LogP contribution in [0.1, 0.15) is 33.1 Å². The number of hydrogen-bond donors (Lipinski definition) is 2. The van der Waals surface area contributed by atoms with Gasteiger partial charge >= 0.3 is 0 Å². The van der Waals surface area contributed by atoms with Crippen molar-refractivity contribution in [2.75, 3.05) is 11.9 Å². The third-order valence-corrected chi connectivity index (χ3v) is 3.60. The maximum absolute atomic E-state index is 11.9. The summed E-state index contributed by atoms with van der Waals surface area (Å²) in [5.41, 5.74) is 6.33. The minimum atomic E-state index is -0.117. The number of nitrogens with zero attached hydrogens (tertiary/aromatic N) is 2. The van der Waals surface area contributed by atoms with Gasteiger partial charge in [0.2, 0.25) is 0 Å². The first kappa shape index (κ1) is 15.2. The van der Waals surface area contributed by atoms with Gasteiger partial charge in [-0.2, -0.15) is 5.10 Å². The summed E-state index contributed by atoms with van der Waals surface area (Å²) in [5.74, 6) is 0. The van der Waals surface area contributed by atoms with Crippen molar-refractivity contribution in [2.24, 2.45) is 5.73 Å². The zero-order valence-electron chi connectivity index (χ0n) is 10.9. The number of hydrogen-bond acceptors (Lipinski definition) is 4. The molecule has 6 heteroatoms. The van der Waals surface area contributed by atoms with Gasteiger partial charge in [0, 0.05) is 19.1 Å². The number of rotatable bonds is 7. The smallest absolute Gasteiger partial charge is 0.283 e. The van der Waals surface area contributed by atoms with Crippen LogP contribution in [0.25, 0.3) is 0 Å². The van der Waals surface area contributed by atoms with Crippen LogP contribution in [0.5, 0.6) is 0 Å². The number of unbranched alkanes of at least 4 members (excludes halogenated alkanes) is 1. The molecular weight excluding hydrogens is 296 g/mol. The van der Waals surface area contributed by atoms with Crippen LogP contribution in [0, 0.1) is 0 Å². The first-order valence-electron chi connectivity index (χ1n) is 6.36. The average molecular weight is 317 g/mol. The number of nitrogens with one attached hydrogen (secondary N) is 1. The highest BCUT2D eigenvalue weighted by Gasteiger charge is 2.12. The summed E-state index contributed by atoms with van der Waals surface area (Å²) in [7, 11) is 0. The van der Waals surface area contributed by atoms with Crippen LogP contribution < -0.4 is 16.6 Å². The van der Waals surface area contributed by atoms with E-state index in [0.717, 1.165) is 24.9 Å². The van der Waals surface area contributed by atoms with Crippen LogP contribution in [-0.2, 0) is 6.54 Å². The van der Waals surface area contributed by atoms with E-state index in [4.69, 9.17) is 5.73 Å². The van der Waals surface area contributed by atoms with E-state index in [9.17, 15) is 4.79 Å². The monoisotopic (exact) mass is 316 g/mol. The van der Waals surface area contributed by atoms with Gasteiger partial charge in [0.15, 0.2) is 0 Å². The fraction of sp³-hybridized carbons (Fsp3) is 0.667. The molecule has 0 spiro atoms. The third kappa shape index (κ3) is 3.81. The van der Waals surface area contributed by atoms with Gasteiger partial charge in [-0.1, -0.05) is 19.8 Å². The molecule has 1 heterocycles. The van der Waals surface area contributed by atoms with Gasteiger partial charge in [0.25, 0.3) is 5.56 Å². The summed E-state index contributed by atoms with van der Waals surface area (Å²) in [6, 6.07) is 0.180. The minimum Gasteiger partial charge on any atom is -0.379 e. The molecule has 1 rings (SSSR count). The molecule has 0 aliphatic rings. The Morgan fingerprint density at radius 3 is 2.83 bits per heavy atom. The van der Waals surface area contributed by atoms with E-state index >= 15 is 0 Å². The number of nitrogens with two attached hydrogens (primary N) is 1. The number of anilines is 1. The molecule has 0 saturated carbocycles. The number of aromatic nitrogens is 2. The lowest BCUT2D eigenvalue weighted by Gasteiger charge is -2.18. The average Bonchev–Trinajstić information content (AvgIpc) is 2.39. The molecule has 0 aliphatic carbocycles. The van der Waals surface area contributed by atoms with Crippen LogP contribution in [-0.4, -0.2) is 22.4 Å². The van der Waals surface area contributed by atoms with Crippen LogP contribution in [0.4, 0.5) is 5.69 Å². The second-order valence-corrected chi connectivity index (χ2v) is 5.01. The Kier molecular flexibility index (Phi) is 6.35. The van der Waals surface area contributed by atoms with Crippen molar-refractivity contribution >= 4 is 21.6 Å². The Bertz CT molecular complexity index is 433. The molecule has 0 amide bonds. The minimum absolute atomic E-state index is 0.117. The summed E-state index contributed by atoms with van der Waals surface area (Å²) in [6.07, 6.45) is 4.92. The Hall–Kier alpha value is -0.880. The van der Waals surface area contributed by atoms with E-state index < -0.39 is 0 Å². The Morgan fingerprint density at radius 1 is 1.56 bits per heavy atom. The summed E-state index contributed by atoms with van der Waals surface area (Å²) >= 11 is 3.32. The largest absolute Gasteiger partial charge is 0.379 e. The molecule has 0 saturated heterocycles. The highest BCUT2D eigenvalue weighted by Crippen LogP contribution is 2.18. The summed E-state index contributed by atoms with van der Waals surface area (Å²) in [6.45, 7) is 5.14. The van der Waals surface area contributed by atoms with Crippen molar-refractivity contribution in [1.82, 2.24) is 9.78 Å². The van der Waals surface area contributed by atoms with E-state index in [2.05, 4.69) is 33.3 Å². The van der Waals surface area contributed by atoms with Crippen molar-refractivity contribution in [2.45, 2.75) is 45.7 Å². The highest BCUT2D eigenvalue weighted by atomic mass is 79.9. The SMILES string of the molecule is CCCCC(CN)Nc1cnn(CC)c(=O)c1Br. The molecule has 0 radical (unpaired) electrons. The molecule has 0 fully saturated rings. The van der Waals surface area contributed by atoms with Crippen molar-refractivity contribution in [1.29, 1.82) is 0 Å². The van der Waals surface area contributed by atoms with Gasteiger partial charge in [0.05, 0.1) is 11.9 Å². The summed E-state index contributed by atoms with van der Waals surface area (Å²) in [5, 5.41) is 7.37. The van der Waals surface area contributed by atoms with Gasteiger partial charge in [0.1, 0.15) is 4.47 Å². The third-order valence-electron chi connectivity index (χ3n) is 2.83. The second kappa shape index (κ2) is 7.53. The van der Waals surface area contributed by atoms with Gasteiger partial charge < -0.3 is 11.1 Å². The van der Waals surface area contributed by atoms with Gasteiger partial charge in [-0.05, 0) is 29.3 Å². The van der Waals surface area contributed by atoms with E-state index in [1.165, 1.54) is 4.68 Å². The molecule has 1 unspecified atom stereocenters. The molecule has 3 N–H and O–H groups in total. The number of halogens is 1. The fourth-order valence-electron chi connectivity index (χ4n) is 1.71. The lowest BCUT2D eigenvalue weighted by Crippen LogP contribution is -2.31. The predicted molar refractivity (Wildman–Crippen MR) is 77.9 cm³/mol. The molecule has 0 bridgehead atoms. The Labute approximate surface area is 116 Å². The molecule has 0 aromatic carbocycles. The van der Waals surface area contributed by atoms with Gasteiger partial charge in [-0.25, -0.2) is 4.68 Å². The predicted octanol–water partition coefficient (Wildman–Crippen LogP) is 1.96. The van der Waals surface area contributed by atoms with Crippen molar-refractivity contribution in [3.05, 3.63) is 21.0 Å².